The van der Waals surface area contributed by atoms with Crippen molar-refractivity contribution in [3.05, 3.63) is 0 Å². The summed E-state index contributed by atoms with van der Waals surface area (Å²) in [5.41, 5.74) is 0. The molecule has 2 unspecified atom stereocenters. The highest BCUT2D eigenvalue weighted by Gasteiger charge is 2.25. The second-order valence-electron chi connectivity index (χ2n) is 13.6. The first-order valence-electron chi connectivity index (χ1n) is 19.7. The van der Waals surface area contributed by atoms with Crippen LogP contribution in [0.3, 0.4) is 0 Å². The van der Waals surface area contributed by atoms with Gasteiger partial charge in [-0.15, -0.1) is 0 Å². The number of nitrogens with zero attached hydrogens (tertiary/aromatic N) is 2. The van der Waals surface area contributed by atoms with Crippen molar-refractivity contribution in [3.63, 3.8) is 0 Å². The first kappa shape index (κ1) is 39.9. The fraction of sp³-hybridized carbons (Fsp3) is 1.00. The van der Waals surface area contributed by atoms with E-state index in [0.717, 1.165) is 0 Å². The van der Waals surface area contributed by atoms with Crippen molar-refractivity contribution in [2.75, 3.05) is 39.3 Å². The Morgan fingerprint density at radius 1 is 0.357 bits per heavy atom. The van der Waals surface area contributed by atoms with Gasteiger partial charge in [0.1, 0.15) is 0 Å². The summed E-state index contributed by atoms with van der Waals surface area (Å²) in [6.07, 6.45) is 37.9. The maximum Gasteiger partial charge on any atom is 0.0595 e. The number of hydrogen-bond donors (Lipinski definition) is 2. The summed E-state index contributed by atoms with van der Waals surface area (Å²) in [5, 5.41) is 7.81. The second kappa shape index (κ2) is 30.8. The van der Waals surface area contributed by atoms with Gasteiger partial charge < -0.3 is 10.6 Å². The Labute approximate surface area is 266 Å². The quantitative estimate of drug-likeness (QED) is 0.0761. The Kier molecular flexibility index (Phi) is 29.3. The van der Waals surface area contributed by atoms with Crippen molar-refractivity contribution in [1.82, 2.24) is 20.4 Å². The topological polar surface area (TPSA) is 30.5 Å². The normalized spacial score (nSPS) is 16.3. The summed E-state index contributed by atoms with van der Waals surface area (Å²) in [5.74, 6) is 0. The van der Waals surface area contributed by atoms with Gasteiger partial charge in [0, 0.05) is 26.2 Å². The molecule has 42 heavy (non-hydrogen) atoms. The zero-order chi connectivity index (χ0) is 30.4. The van der Waals surface area contributed by atoms with Crippen molar-refractivity contribution in [1.29, 1.82) is 0 Å². The molecule has 1 heterocycles. The van der Waals surface area contributed by atoms with E-state index in [9.17, 15) is 0 Å². The van der Waals surface area contributed by atoms with Gasteiger partial charge in [-0.3, -0.25) is 9.80 Å². The molecule has 0 spiro atoms. The molecule has 0 amide bonds. The third kappa shape index (κ3) is 22.4. The highest BCUT2D eigenvalue weighted by Crippen LogP contribution is 2.15. The Morgan fingerprint density at radius 3 is 0.833 bits per heavy atom. The Bertz CT molecular complexity index is 473. The maximum atomic E-state index is 3.90. The number of rotatable bonds is 32. The molecule has 0 aromatic rings. The van der Waals surface area contributed by atoms with E-state index >= 15 is 0 Å². The van der Waals surface area contributed by atoms with Gasteiger partial charge in [0.15, 0.2) is 0 Å². The molecule has 0 aromatic heterocycles. The number of unbranched alkanes of at least 4 members (excludes halogenated alkanes) is 22. The summed E-state index contributed by atoms with van der Waals surface area (Å²) in [4.78, 5) is 5.43. The van der Waals surface area contributed by atoms with Crippen LogP contribution in [0.2, 0.25) is 0 Å². The molecule has 2 atom stereocenters. The van der Waals surface area contributed by atoms with Gasteiger partial charge in [-0.1, -0.05) is 169 Å². The first-order chi connectivity index (χ1) is 20.8. The molecule has 0 bridgehead atoms. The zero-order valence-corrected chi connectivity index (χ0v) is 29.7. The molecule has 4 heteroatoms. The second-order valence-corrected chi connectivity index (χ2v) is 13.6. The Hall–Kier alpha value is -0.160. The summed E-state index contributed by atoms with van der Waals surface area (Å²) in [6.45, 7) is 16.5. The molecule has 1 aliphatic rings. The highest BCUT2D eigenvalue weighted by atomic mass is 15.4. The SMILES string of the molecule is CCCCCCCCCCCCCCNC(CC)N1CCN(C(CC)NCCCCCCCCCCCCCC)CC1. The van der Waals surface area contributed by atoms with Crippen molar-refractivity contribution < 1.29 is 0 Å². The van der Waals surface area contributed by atoms with Crippen LogP contribution in [-0.4, -0.2) is 61.4 Å². The molecule has 1 aliphatic heterocycles. The van der Waals surface area contributed by atoms with Crippen LogP contribution in [0.15, 0.2) is 0 Å². The van der Waals surface area contributed by atoms with Gasteiger partial charge >= 0.3 is 0 Å². The summed E-state index contributed by atoms with van der Waals surface area (Å²) < 4.78 is 0. The van der Waals surface area contributed by atoms with E-state index in [0.29, 0.717) is 12.3 Å². The van der Waals surface area contributed by atoms with Crippen LogP contribution >= 0.6 is 0 Å². The largest absolute Gasteiger partial charge is 0.302 e. The van der Waals surface area contributed by atoms with Gasteiger partial charge in [0.25, 0.3) is 0 Å². The van der Waals surface area contributed by atoms with Crippen molar-refractivity contribution in [3.8, 4) is 0 Å². The van der Waals surface area contributed by atoms with Gasteiger partial charge in [-0.05, 0) is 38.8 Å². The Balaban J connectivity index is 2.00. The summed E-state index contributed by atoms with van der Waals surface area (Å²) in [6, 6.07) is 0. The summed E-state index contributed by atoms with van der Waals surface area (Å²) >= 11 is 0. The standard InChI is InChI=1S/C38H80N4/c1-5-9-11-13-15-17-19-21-23-25-27-29-31-39-37(7-3)41-33-35-42(36-34-41)38(8-4)40-32-30-28-26-24-22-20-18-16-14-12-10-6-2/h37-40H,5-36H2,1-4H3. The smallest absolute Gasteiger partial charge is 0.0595 e. The minimum Gasteiger partial charge on any atom is -0.302 e. The maximum absolute atomic E-state index is 3.90. The van der Waals surface area contributed by atoms with E-state index in [2.05, 4.69) is 48.1 Å². The lowest BCUT2D eigenvalue weighted by molar-refractivity contribution is 0.0455. The molecular formula is C38H80N4. The molecule has 4 nitrogen and oxygen atoms in total. The lowest BCUT2D eigenvalue weighted by Crippen LogP contribution is -2.58. The fourth-order valence-corrected chi connectivity index (χ4v) is 6.89. The average molecular weight is 593 g/mol. The molecule has 1 rings (SSSR count). The van der Waals surface area contributed by atoms with Crippen LogP contribution in [0.1, 0.15) is 195 Å². The number of nitrogens with one attached hydrogen (secondary N) is 2. The van der Waals surface area contributed by atoms with E-state index < -0.39 is 0 Å². The fourth-order valence-electron chi connectivity index (χ4n) is 6.89. The van der Waals surface area contributed by atoms with Gasteiger partial charge in [-0.25, -0.2) is 0 Å². The lowest BCUT2D eigenvalue weighted by Gasteiger charge is -2.42. The zero-order valence-electron chi connectivity index (χ0n) is 29.7. The third-order valence-electron chi connectivity index (χ3n) is 9.82. The van der Waals surface area contributed by atoms with Gasteiger partial charge in [0.2, 0.25) is 0 Å². The average Bonchev–Trinajstić information content (AvgIpc) is 3.02. The molecule has 2 N–H and O–H groups in total. The van der Waals surface area contributed by atoms with Crippen LogP contribution in [0.4, 0.5) is 0 Å². The minimum atomic E-state index is 0.564. The summed E-state index contributed by atoms with van der Waals surface area (Å²) in [7, 11) is 0. The molecule has 0 radical (unpaired) electrons. The molecule has 1 saturated heterocycles. The van der Waals surface area contributed by atoms with E-state index in [1.807, 2.05) is 0 Å². The van der Waals surface area contributed by atoms with Gasteiger partial charge in [0.05, 0.1) is 12.3 Å². The molecule has 0 saturated carbocycles. The minimum absolute atomic E-state index is 0.564. The lowest BCUT2D eigenvalue weighted by atomic mass is 10.1. The molecule has 0 aromatic carbocycles. The molecule has 252 valence electrons. The molecule has 0 aliphatic carbocycles. The molecule has 1 fully saturated rings. The van der Waals surface area contributed by atoms with Crippen LogP contribution < -0.4 is 10.6 Å². The number of hydrogen-bond acceptors (Lipinski definition) is 4. The van der Waals surface area contributed by atoms with Crippen molar-refractivity contribution in [2.45, 2.75) is 207 Å². The highest BCUT2D eigenvalue weighted by molar-refractivity contribution is 4.80. The van der Waals surface area contributed by atoms with Crippen LogP contribution in [0.25, 0.3) is 0 Å². The van der Waals surface area contributed by atoms with Crippen LogP contribution in [-0.2, 0) is 0 Å². The predicted molar refractivity (Wildman–Crippen MR) is 189 cm³/mol. The van der Waals surface area contributed by atoms with E-state index in [1.165, 1.54) is 206 Å². The third-order valence-corrected chi connectivity index (χ3v) is 9.82. The van der Waals surface area contributed by atoms with Crippen LogP contribution in [0.5, 0.6) is 0 Å². The monoisotopic (exact) mass is 593 g/mol. The predicted octanol–water partition coefficient (Wildman–Crippen LogP) is 10.7. The molecular weight excluding hydrogens is 512 g/mol. The Morgan fingerprint density at radius 2 is 0.595 bits per heavy atom. The van der Waals surface area contributed by atoms with Crippen molar-refractivity contribution in [2.24, 2.45) is 0 Å². The van der Waals surface area contributed by atoms with Crippen LogP contribution in [0, 0.1) is 0 Å². The first-order valence-corrected chi connectivity index (χ1v) is 19.7. The van der Waals surface area contributed by atoms with E-state index in [1.54, 1.807) is 0 Å². The van der Waals surface area contributed by atoms with E-state index in [-0.39, 0.29) is 0 Å². The van der Waals surface area contributed by atoms with Gasteiger partial charge in [-0.2, -0.15) is 0 Å². The van der Waals surface area contributed by atoms with Crippen molar-refractivity contribution >= 4 is 0 Å². The van der Waals surface area contributed by atoms with E-state index in [4.69, 9.17) is 0 Å². The number of piperazine rings is 1.